The SMILES string of the molecule is CCOC(=O)c1c(N)n(CC)c2nc(-c3ccc(NC(=O)NCc4cccnc4)cc3)ccc2c1=O. The standard InChI is InChI=1S/C26H26N6O4/c1-3-32-23(27)21(25(34)36-4-2)22(33)19-11-12-20(31-24(19)32)17-7-9-18(10-8-17)30-26(35)29-15-16-6-5-13-28-14-16/h5-14H,3-4,15,27H2,1-2H3,(H2,29,30,35). The Morgan fingerprint density at radius 1 is 1.08 bits per heavy atom. The Hall–Kier alpha value is -4.73. The third kappa shape index (κ3) is 5.02. The number of fused-ring (bicyclic) bond motifs is 1. The molecule has 4 rings (SSSR count). The smallest absolute Gasteiger partial charge is 0.345 e. The fraction of sp³-hybridized carbons (Fsp3) is 0.192. The molecule has 0 aliphatic carbocycles. The number of hydrogen-bond acceptors (Lipinski definition) is 7. The number of urea groups is 1. The van der Waals surface area contributed by atoms with Crippen LogP contribution in [0.4, 0.5) is 16.3 Å². The molecule has 1 aromatic carbocycles. The number of benzene rings is 1. The molecule has 0 atom stereocenters. The summed E-state index contributed by atoms with van der Waals surface area (Å²) in [6, 6.07) is 13.8. The van der Waals surface area contributed by atoms with E-state index in [1.165, 1.54) is 0 Å². The first-order chi connectivity index (χ1) is 17.4. The van der Waals surface area contributed by atoms with Gasteiger partial charge in [-0.25, -0.2) is 14.6 Å². The van der Waals surface area contributed by atoms with Crippen molar-refractivity contribution in [2.24, 2.45) is 0 Å². The summed E-state index contributed by atoms with van der Waals surface area (Å²) in [6.07, 6.45) is 3.36. The van der Waals surface area contributed by atoms with Crippen molar-refractivity contribution in [3.8, 4) is 11.3 Å². The number of nitrogens with two attached hydrogens (primary N) is 1. The van der Waals surface area contributed by atoms with E-state index in [2.05, 4.69) is 20.6 Å². The molecule has 0 radical (unpaired) electrons. The summed E-state index contributed by atoms with van der Waals surface area (Å²) in [7, 11) is 0. The first-order valence-electron chi connectivity index (χ1n) is 11.5. The van der Waals surface area contributed by atoms with Gasteiger partial charge in [0.2, 0.25) is 5.43 Å². The second-order valence-corrected chi connectivity index (χ2v) is 7.87. The Bertz CT molecular complexity index is 1470. The second kappa shape index (κ2) is 10.7. The average molecular weight is 487 g/mol. The summed E-state index contributed by atoms with van der Waals surface area (Å²) in [6.45, 7) is 4.41. The number of aromatic nitrogens is 3. The molecule has 0 saturated carbocycles. The molecule has 0 saturated heterocycles. The van der Waals surface area contributed by atoms with Crippen LogP contribution in [0.1, 0.15) is 29.8 Å². The van der Waals surface area contributed by atoms with Crippen LogP contribution in [0.15, 0.2) is 65.7 Å². The van der Waals surface area contributed by atoms with Gasteiger partial charge >= 0.3 is 12.0 Å². The van der Waals surface area contributed by atoms with Gasteiger partial charge in [-0.15, -0.1) is 0 Å². The van der Waals surface area contributed by atoms with Crippen molar-refractivity contribution < 1.29 is 14.3 Å². The molecule has 36 heavy (non-hydrogen) atoms. The molecule has 4 aromatic rings. The topological polar surface area (TPSA) is 141 Å². The molecular weight excluding hydrogens is 460 g/mol. The fourth-order valence-corrected chi connectivity index (χ4v) is 3.80. The van der Waals surface area contributed by atoms with Gasteiger partial charge in [0, 0.05) is 36.7 Å². The molecule has 10 heteroatoms. The minimum Gasteiger partial charge on any atom is -0.462 e. The Morgan fingerprint density at radius 3 is 2.53 bits per heavy atom. The lowest BCUT2D eigenvalue weighted by molar-refractivity contribution is 0.0525. The van der Waals surface area contributed by atoms with Crippen LogP contribution >= 0.6 is 0 Å². The van der Waals surface area contributed by atoms with Crippen molar-refractivity contribution in [1.82, 2.24) is 19.9 Å². The van der Waals surface area contributed by atoms with Crippen molar-refractivity contribution >= 4 is 34.5 Å². The summed E-state index contributed by atoms with van der Waals surface area (Å²) >= 11 is 0. The van der Waals surface area contributed by atoms with Crippen molar-refractivity contribution in [2.75, 3.05) is 17.7 Å². The lowest BCUT2D eigenvalue weighted by Gasteiger charge is -2.15. The third-order valence-corrected chi connectivity index (χ3v) is 5.56. The van der Waals surface area contributed by atoms with Gasteiger partial charge in [-0.1, -0.05) is 18.2 Å². The summed E-state index contributed by atoms with van der Waals surface area (Å²) in [5.74, 6) is -0.726. The highest BCUT2D eigenvalue weighted by molar-refractivity contribution is 5.98. The molecule has 2 amide bonds. The van der Waals surface area contributed by atoms with Crippen LogP contribution in [0.3, 0.4) is 0 Å². The van der Waals surface area contributed by atoms with E-state index in [0.29, 0.717) is 30.1 Å². The maximum atomic E-state index is 13.0. The molecule has 0 aliphatic rings. The van der Waals surface area contributed by atoms with Crippen molar-refractivity contribution in [3.05, 3.63) is 82.3 Å². The van der Waals surface area contributed by atoms with Crippen LogP contribution in [-0.2, 0) is 17.8 Å². The maximum absolute atomic E-state index is 13.0. The van der Waals surface area contributed by atoms with E-state index in [4.69, 9.17) is 10.5 Å². The maximum Gasteiger partial charge on any atom is 0.345 e. The zero-order valence-corrected chi connectivity index (χ0v) is 19.9. The highest BCUT2D eigenvalue weighted by atomic mass is 16.5. The van der Waals surface area contributed by atoms with Gasteiger partial charge < -0.3 is 25.7 Å². The lowest BCUT2D eigenvalue weighted by atomic mass is 10.1. The molecule has 10 nitrogen and oxygen atoms in total. The van der Waals surface area contributed by atoms with E-state index in [-0.39, 0.29) is 29.4 Å². The van der Waals surface area contributed by atoms with Crippen LogP contribution in [0.2, 0.25) is 0 Å². The second-order valence-electron chi connectivity index (χ2n) is 7.87. The summed E-state index contributed by atoms with van der Waals surface area (Å²) in [5.41, 5.74) is 8.76. The number of carbonyl (C=O) groups excluding carboxylic acids is 2. The molecule has 0 spiro atoms. The van der Waals surface area contributed by atoms with Crippen LogP contribution < -0.4 is 21.8 Å². The number of pyridine rings is 3. The van der Waals surface area contributed by atoms with Gasteiger partial charge in [-0.3, -0.25) is 9.78 Å². The van der Waals surface area contributed by atoms with Gasteiger partial charge in [0.15, 0.2) is 0 Å². The highest BCUT2D eigenvalue weighted by Gasteiger charge is 2.22. The number of carbonyl (C=O) groups is 2. The van der Waals surface area contributed by atoms with Crippen LogP contribution in [0.5, 0.6) is 0 Å². The molecule has 0 fully saturated rings. The predicted molar refractivity (Wildman–Crippen MR) is 138 cm³/mol. The molecule has 0 bridgehead atoms. The molecule has 3 aromatic heterocycles. The zero-order valence-electron chi connectivity index (χ0n) is 19.9. The van der Waals surface area contributed by atoms with Crippen molar-refractivity contribution in [2.45, 2.75) is 26.9 Å². The molecule has 0 aliphatic heterocycles. The molecule has 4 N–H and O–H groups in total. The van der Waals surface area contributed by atoms with Gasteiger partial charge in [-0.2, -0.15) is 0 Å². The van der Waals surface area contributed by atoms with Crippen molar-refractivity contribution in [1.29, 1.82) is 0 Å². The molecule has 3 heterocycles. The number of nitrogens with zero attached hydrogens (tertiary/aromatic N) is 3. The number of nitrogen functional groups attached to an aromatic ring is 1. The number of amides is 2. The Labute approximate surface area is 207 Å². The van der Waals surface area contributed by atoms with Gasteiger partial charge in [-0.05, 0) is 49.7 Å². The van der Waals surface area contributed by atoms with E-state index in [1.54, 1.807) is 48.1 Å². The molecule has 0 unspecified atom stereocenters. The van der Waals surface area contributed by atoms with Crippen LogP contribution in [-0.4, -0.2) is 33.1 Å². The van der Waals surface area contributed by atoms with E-state index < -0.39 is 11.4 Å². The number of esters is 1. The van der Waals surface area contributed by atoms with E-state index in [1.807, 2.05) is 31.2 Å². The van der Waals surface area contributed by atoms with Crippen LogP contribution in [0.25, 0.3) is 22.3 Å². The third-order valence-electron chi connectivity index (χ3n) is 5.56. The normalized spacial score (nSPS) is 10.7. The van der Waals surface area contributed by atoms with E-state index >= 15 is 0 Å². The predicted octanol–water partition coefficient (Wildman–Crippen LogP) is 3.56. The van der Waals surface area contributed by atoms with Crippen LogP contribution in [0, 0.1) is 0 Å². The zero-order chi connectivity index (χ0) is 25.7. The molecule has 184 valence electrons. The Balaban J connectivity index is 1.57. The molecular formula is C26H26N6O4. The average Bonchev–Trinajstić information content (AvgIpc) is 2.89. The van der Waals surface area contributed by atoms with Gasteiger partial charge in [0.25, 0.3) is 0 Å². The number of hydrogen-bond donors (Lipinski definition) is 3. The van der Waals surface area contributed by atoms with E-state index in [0.717, 1.165) is 11.1 Å². The largest absolute Gasteiger partial charge is 0.462 e. The summed E-state index contributed by atoms with van der Waals surface area (Å²) in [4.78, 5) is 46.2. The summed E-state index contributed by atoms with van der Waals surface area (Å²) < 4.78 is 6.64. The number of anilines is 2. The first kappa shape index (κ1) is 24.4. The minimum absolute atomic E-state index is 0.0231. The van der Waals surface area contributed by atoms with Gasteiger partial charge in [0.1, 0.15) is 17.0 Å². The van der Waals surface area contributed by atoms with Crippen molar-refractivity contribution in [3.63, 3.8) is 0 Å². The quantitative estimate of drug-likeness (QED) is 0.339. The number of aryl methyl sites for hydroxylation is 1. The van der Waals surface area contributed by atoms with E-state index in [9.17, 15) is 14.4 Å². The first-order valence-corrected chi connectivity index (χ1v) is 11.5. The number of nitrogens with one attached hydrogen (secondary N) is 2. The summed E-state index contributed by atoms with van der Waals surface area (Å²) in [5, 5.41) is 5.84. The fourth-order valence-electron chi connectivity index (χ4n) is 3.80. The number of ether oxygens (including phenoxy) is 1. The monoisotopic (exact) mass is 486 g/mol. The lowest BCUT2D eigenvalue weighted by Crippen LogP contribution is -2.28. The highest BCUT2D eigenvalue weighted by Crippen LogP contribution is 2.24. The number of rotatable bonds is 7. The Morgan fingerprint density at radius 2 is 1.86 bits per heavy atom. The Kier molecular flexibility index (Phi) is 7.24. The van der Waals surface area contributed by atoms with Gasteiger partial charge in [0.05, 0.1) is 17.7 Å². The minimum atomic E-state index is -0.749.